The third-order valence-corrected chi connectivity index (χ3v) is 9.46. The number of carbonyl (C=O) groups is 2. The first kappa shape index (κ1) is 26.0. The molecule has 1 aliphatic carbocycles. The maximum Gasteiger partial charge on any atom is 0.243 e. The highest BCUT2D eigenvalue weighted by Crippen LogP contribution is 2.64. The maximum absolute atomic E-state index is 15.3. The first-order chi connectivity index (χ1) is 20.8. The number of rotatable bonds is 4. The third kappa shape index (κ3) is 3.56. The Hall–Kier alpha value is -4.68. The molecule has 6 heteroatoms. The molecular weight excluding hydrogens is 536 g/mol. The van der Waals surface area contributed by atoms with E-state index in [9.17, 15) is 0 Å². The summed E-state index contributed by atoms with van der Waals surface area (Å²) in [7, 11) is 0. The van der Waals surface area contributed by atoms with Crippen LogP contribution in [0.2, 0.25) is 0 Å². The number of anilines is 2. The summed E-state index contributed by atoms with van der Waals surface area (Å²) in [6.07, 6.45) is 1.77. The van der Waals surface area contributed by atoms with Gasteiger partial charge in [0.1, 0.15) is 22.7 Å². The number of hydrogen-bond acceptors (Lipinski definition) is 4. The molecule has 1 fully saturated rings. The molecule has 0 unspecified atom stereocenters. The zero-order valence-corrected chi connectivity index (χ0v) is 24.2. The molecule has 4 aromatic carbocycles. The van der Waals surface area contributed by atoms with E-state index in [1.54, 1.807) is 0 Å². The van der Waals surface area contributed by atoms with Crippen molar-refractivity contribution >= 4 is 23.2 Å². The van der Waals surface area contributed by atoms with Crippen molar-refractivity contribution in [2.75, 3.05) is 9.80 Å². The Labute approximate surface area is 251 Å². The monoisotopic (exact) mass is 568 g/mol. The zero-order valence-electron chi connectivity index (χ0n) is 24.2. The van der Waals surface area contributed by atoms with Gasteiger partial charge < -0.3 is 19.3 Å². The lowest BCUT2D eigenvalue weighted by Gasteiger charge is -2.46. The summed E-state index contributed by atoms with van der Waals surface area (Å²) in [5.41, 5.74) is 2.79. The Balaban J connectivity index is 1.38. The van der Waals surface area contributed by atoms with Crippen molar-refractivity contribution in [1.29, 1.82) is 0 Å². The summed E-state index contributed by atoms with van der Waals surface area (Å²) >= 11 is 0. The van der Waals surface area contributed by atoms with Crippen molar-refractivity contribution in [3.8, 4) is 0 Å². The fourth-order valence-electron chi connectivity index (χ4n) is 7.80. The van der Waals surface area contributed by atoms with Gasteiger partial charge in [-0.05, 0) is 40.5 Å². The fraction of sp³-hybridized carbons (Fsp3) is 0.243. The number of carbonyl (C=O) groups excluding carboxylic acids is 2. The minimum atomic E-state index is -1.33. The fourth-order valence-corrected chi connectivity index (χ4v) is 7.80. The van der Waals surface area contributed by atoms with E-state index in [4.69, 9.17) is 9.47 Å². The summed E-state index contributed by atoms with van der Waals surface area (Å²) < 4.78 is 12.8. The number of nitrogens with zero attached hydrogens (tertiary/aromatic N) is 2. The molecule has 2 amide bonds. The quantitative estimate of drug-likeness (QED) is 0.286. The molecule has 214 valence electrons. The number of fused-ring (bicyclic) bond motifs is 6. The van der Waals surface area contributed by atoms with Crippen molar-refractivity contribution < 1.29 is 19.1 Å². The zero-order chi connectivity index (χ0) is 29.4. The van der Waals surface area contributed by atoms with Gasteiger partial charge in [-0.15, -0.1) is 0 Å². The Morgan fingerprint density at radius 2 is 1.19 bits per heavy atom. The van der Waals surface area contributed by atoms with E-state index < -0.39 is 22.7 Å². The predicted molar refractivity (Wildman–Crippen MR) is 164 cm³/mol. The second kappa shape index (κ2) is 9.16. The van der Waals surface area contributed by atoms with Crippen molar-refractivity contribution in [1.82, 2.24) is 0 Å². The Morgan fingerprint density at radius 3 is 1.81 bits per heavy atom. The highest BCUT2D eigenvalue weighted by atomic mass is 16.7. The molecule has 0 bridgehead atoms. The molecule has 0 aromatic heterocycles. The van der Waals surface area contributed by atoms with Crippen molar-refractivity contribution in [2.24, 2.45) is 0 Å². The van der Waals surface area contributed by atoms with Gasteiger partial charge in [0.05, 0.1) is 13.1 Å². The molecule has 43 heavy (non-hydrogen) atoms. The molecule has 3 heterocycles. The van der Waals surface area contributed by atoms with Gasteiger partial charge in [-0.3, -0.25) is 9.59 Å². The summed E-state index contributed by atoms with van der Waals surface area (Å²) in [5.74, 6) is -0.474. The summed E-state index contributed by atoms with van der Waals surface area (Å²) in [4.78, 5) is 34.3. The second-order valence-corrected chi connectivity index (χ2v) is 12.4. The van der Waals surface area contributed by atoms with E-state index in [0.717, 1.165) is 33.6 Å². The Bertz CT molecular complexity index is 1800. The van der Waals surface area contributed by atoms with Crippen molar-refractivity contribution in [3.63, 3.8) is 0 Å². The molecule has 0 radical (unpaired) electrons. The van der Waals surface area contributed by atoms with Crippen molar-refractivity contribution in [3.05, 3.63) is 143 Å². The van der Waals surface area contributed by atoms with Crippen molar-refractivity contribution in [2.45, 2.75) is 56.1 Å². The van der Waals surface area contributed by atoms with Crippen LogP contribution < -0.4 is 9.80 Å². The van der Waals surface area contributed by atoms with E-state index in [0.29, 0.717) is 25.3 Å². The van der Waals surface area contributed by atoms with E-state index >= 15 is 9.59 Å². The van der Waals surface area contributed by atoms with Gasteiger partial charge in [0.2, 0.25) is 17.6 Å². The van der Waals surface area contributed by atoms with Gasteiger partial charge in [-0.25, -0.2) is 0 Å². The predicted octanol–water partition coefficient (Wildman–Crippen LogP) is 6.40. The molecule has 2 spiro atoms. The molecule has 0 saturated carbocycles. The minimum absolute atomic E-state index is 0.0918. The van der Waals surface area contributed by atoms with Crippen LogP contribution in [-0.2, 0) is 43.0 Å². The average molecular weight is 569 g/mol. The van der Waals surface area contributed by atoms with Gasteiger partial charge in [0.25, 0.3) is 0 Å². The van der Waals surface area contributed by atoms with E-state index in [2.05, 4.69) is 0 Å². The molecule has 8 rings (SSSR count). The van der Waals surface area contributed by atoms with E-state index in [-0.39, 0.29) is 11.8 Å². The second-order valence-electron chi connectivity index (χ2n) is 12.4. The molecule has 4 aliphatic rings. The molecule has 1 saturated heterocycles. The SMILES string of the molecule is CC1(C)OC2=C[C@]3(C(=O)N(Cc4ccccc4)c4ccccc43)[C@]3(C[C@H]2O1)C(=O)N(Cc1ccccc1)c1ccccc13. The van der Waals surface area contributed by atoms with Crippen LogP contribution in [0.4, 0.5) is 11.4 Å². The van der Waals surface area contributed by atoms with Gasteiger partial charge in [-0.1, -0.05) is 97.1 Å². The first-order valence-corrected chi connectivity index (χ1v) is 14.8. The molecule has 3 aliphatic heterocycles. The smallest absolute Gasteiger partial charge is 0.243 e. The van der Waals surface area contributed by atoms with Crippen LogP contribution in [0, 0.1) is 0 Å². The molecular formula is C37H32N2O4. The number of ether oxygens (including phenoxy) is 2. The lowest BCUT2D eigenvalue weighted by Crippen LogP contribution is -2.62. The Kier molecular flexibility index (Phi) is 5.53. The highest BCUT2D eigenvalue weighted by molar-refractivity contribution is 6.20. The van der Waals surface area contributed by atoms with Gasteiger partial charge in [0, 0.05) is 31.6 Å². The topological polar surface area (TPSA) is 59.1 Å². The third-order valence-electron chi connectivity index (χ3n) is 9.46. The maximum atomic E-state index is 15.3. The van der Waals surface area contributed by atoms with Gasteiger partial charge >= 0.3 is 0 Å². The summed E-state index contributed by atoms with van der Waals surface area (Å²) in [5, 5.41) is 0. The van der Waals surface area contributed by atoms with Crippen LogP contribution in [0.5, 0.6) is 0 Å². The van der Waals surface area contributed by atoms with Crippen LogP contribution in [0.1, 0.15) is 42.5 Å². The van der Waals surface area contributed by atoms with Crippen LogP contribution in [0.25, 0.3) is 0 Å². The highest BCUT2D eigenvalue weighted by Gasteiger charge is 2.73. The van der Waals surface area contributed by atoms with Crippen LogP contribution in [0.15, 0.2) is 121 Å². The van der Waals surface area contributed by atoms with Crippen LogP contribution in [0.3, 0.4) is 0 Å². The normalized spacial score (nSPS) is 26.4. The molecule has 0 N–H and O–H groups in total. The van der Waals surface area contributed by atoms with E-state index in [1.165, 1.54) is 0 Å². The molecule has 3 atom stereocenters. The number of para-hydroxylation sites is 2. The van der Waals surface area contributed by atoms with E-state index in [1.807, 2.05) is 139 Å². The minimum Gasteiger partial charge on any atom is -0.465 e. The first-order valence-electron chi connectivity index (χ1n) is 14.8. The van der Waals surface area contributed by atoms with Crippen LogP contribution in [-0.4, -0.2) is 23.7 Å². The lowest BCUT2D eigenvalue weighted by atomic mass is 9.53. The standard InChI is InChI=1S/C37H32N2O4/c1-35(2)42-31-21-36(27-17-9-11-19-29(27)38(33(36)40)23-25-13-5-3-6-14-25)37(22-32(31)43-35)28-18-10-12-20-30(28)39(34(37)41)24-26-15-7-4-8-16-26/h3-21,32H,22-24H2,1-2H3/t32-,36+,37+/m1/s1. The molecule has 6 nitrogen and oxygen atoms in total. The number of benzene rings is 4. The average Bonchev–Trinajstić information content (AvgIpc) is 3.54. The Morgan fingerprint density at radius 1 is 0.674 bits per heavy atom. The van der Waals surface area contributed by atoms with Crippen LogP contribution >= 0.6 is 0 Å². The van der Waals surface area contributed by atoms with Gasteiger partial charge in [-0.2, -0.15) is 0 Å². The number of amides is 2. The largest absolute Gasteiger partial charge is 0.465 e. The molecule has 4 aromatic rings. The summed E-state index contributed by atoms with van der Waals surface area (Å²) in [6.45, 7) is 4.56. The van der Waals surface area contributed by atoms with Gasteiger partial charge in [0.15, 0.2) is 0 Å². The summed E-state index contributed by atoms with van der Waals surface area (Å²) in [6, 6.07) is 35.9. The lowest BCUT2D eigenvalue weighted by molar-refractivity contribution is -0.142. The number of hydrogen-bond donors (Lipinski definition) is 0.